The van der Waals surface area contributed by atoms with Crippen molar-refractivity contribution in [2.24, 2.45) is 0 Å². The number of amides is 2. The van der Waals surface area contributed by atoms with Gasteiger partial charge in [0.2, 0.25) is 11.7 Å². The molecule has 2 amide bonds. The Kier molecular flexibility index (Phi) is 6.43. The van der Waals surface area contributed by atoms with Crippen LogP contribution < -0.4 is 10.1 Å². The zero-order chi connectivity index (χ0) is 20.8. The van der Waals surface area contributed by atoms with Crippen LogP contribution in [0.4, 0.5) is 9.18 Å². The van der Waals surface area contributed by atoms with Gasteiger partial charge in [-0.25, -0.2) is 9.18 Å². The lowest BCUT2D eigenvalue weighted by atomic mass is 10.2. The van der Waals surface area contributed by atoms with Gasteiger partial charge in [0.1, 0.15) is 17.6 Å². The molecule has 2 aromatic carbocycles. The van der Waals surface area contributed by atoms with Crippen LogP contribution in [0.1, 0.15) is 31.3 Å². The van der Waals surface area contributed by atoms with Crippen LogP contribution in [-0.2, 0) is 6.54 Å². The Labute approximate surface area is 168 Å². The van der Waals surface area contributed by atoms with Crippen molar-refractivity contribution in [3.05, 3.63) is 65.8 Å². The third-order valence-electron chi connectivity index (χ3n) is 4.26. The lowest BCUT2D eigenvalue weighted by Crippen LogP contribution is -2.38. The van der Waals surface area contributed by atoms with Gasteiger partial charge in [0.05, 0.1) is 6.61 Å². The highest BCUT2D eigenvalue weighted by Gasteiger charge is 2.19. The summed E-state index contributed by atoms with van der Waals surface area (Å²) in [5.41, 5.74) is 1.61. The van der Waals surface area contributed by atoms with Crippen molar-refractivity contribution in [3.63, 3.8) is 0 Å². The minimum atomic E-state index is -0.480. The first kappa shape index (κ1) is 20.3. The summed E-state index contributed by atoms with van der Waals surface area (Å²) in [5, 5.41) is 6.72. The normalized spacial score (nSPS) is 11.7. The Morgan fingerprint density at radius 2 is 1.90 bits per heavy atom. The maximum absolute atomic E-state index is 13.0. The molecule has 1 heterocycles. The van der Waals surface area contributed by atoms with Gasteiger partial charge in [-0.05, 0) is 55.8 Å². The standard InChI is InChI=1S/C21H23FN4O3/c1-4-28-18-11-5-15(6-12-18)13-26(3)21(27)23-14(2)20-24-19(25-29-20)16-7-9-17(22)10-8-16/h5-12,14H,4,13H2,1-3H3,(H,23,27). The first-order chi connectivity index (χ1) is 14.0. The summed E-state index contributed by atoms with van der Waals surface area (Å²) in [5.74, 6) is 1.06. The van der Waals surface area contributed by atoms with Crippen molar-refractivity contribution >= 4 is 6.03 Å². The molecule has 1 atom stereocenters. The molecule has 0 aliphatic carbocycles. The molecule has 1 aromatic heterocycles. The third-order valence-corrected chi connectivity index (χ3v) is 4.26. The number of hydrogen-bond donors (Lipinski definition) is 1. The van der Waals surface area contributed by atoms with Crippen LogP contribution in [0.25, 0.3) is 11.4 Å². The highest BCUT2D eigenvalue weighted by molar-refractivity contribution is 5.74. The molecule has 8 heteroatoms. The molecule has 0 fully saturated rings. The van der Waals surface area contributed by atoms with Crippen LogP contribution in [0, 0.1) is 5.82 Å². The van der Waals surface area contributed by atoms with Crippen LogP contribution in [0.15, 0.2) is 53.1 Å². The summed E-state index contributed by atoms with van der Waals surface area (Å²) in [7, 11) is 1.70. The van der Waals surface area contributed by atoms with Gasteiger partial charge in [-0.1, -0.05) is 17.3 Å². The molecule has 0 saturated carbocycles. The van der Waals surface area contributed by atoms with Crippen molar-refractivity contribution in [1.29, 1.82) is 0 Å². The number of nitrogens with zero attached hydrogens (tertiary/aromatic N) is 3. The van der Waals surface area contributed by atoms with Gasteiger partial charge in [-0.3, -0.25) is 0 Å². The molecule has 0 saturated heterocycles. The summed E-state index contributed by atoms with van der Waals surface area (Å²) in [6.45, 7) is 4.73. The fourth-order valence-corrected chi connectivity index (χ4v) is 2.69. The fourth-order valence-electron chi connectivity index (χ4n) is 2.69. The zero-order valence-corrected chi connectivity index (χ0v) is 16.6. The van der Waals surface area contributed by atoms with Gasteiger partial charge in [-0.15, -0.1) is 0 Å². The molecule has 0 spiro atoms. The number of benzene rings is 2. The number of carbonyl (C=O) groups is 1. The van der Waals surface area contributed by atoms with E-state index in [4.69, 9.17) is 9.26 Å². The van der Waals surface area contributed by atoms with Gasteiger partial charge in [0.25, 0.3) is 0 Å². The number of rotatable bonds is 7. The number of hydrogen-bond acceptors (Lipinski definition) is 5. The largest absolute Gasteiger partial charge is 0.494 e. The predicted octanol–water partition coefficient (Wildman–Crippen LogP) is 4.18. The van der Waals surface area contributed by atoms with Gasteiger partial charge >= 0.3 is 6.03 Å². The minimum Gasteiger partial charge on any atom is -0.494 e. The van der Waals surface area contributed by atoms with E-state index in [-0.39, 0.29) is 17.7 Å². The van der Waals surface area contributed by atoms with Crippen LogP contribution in [0.5, 0.6) is 5.75 Å². The molecular weight excluding hydrogens is 375 g/mol. The van der Waals surface area contributed by atoms with E-state index in [0.29, 0.717) is 24.5 Å². The van der Waals surface area contributed by atoms with Crippen molar-refractivity contribution in [3.8, 4) is 17.1 Å². The molecule has 0 radical (unpaired) electrons. The highest BCUT2D eigenvalue weighted by atomic mass is 19.1. The van der Waals surface area contributed by atoms with Gasteiger partial charge in [0.15, 0.2) is 0 Å². The van der Waals surface area contributed by atoms with E-state index < -0.39 is 6.04 Å². The summed E-state index contributed by atoms with van der Waals surface area (Å²) in [6.07, 6.45) is 0. The lowest BCUT2D eigenvalue weighted by Gasteiger charge is -2.20. The Morgan fingerprint density at radius 1 is 1.21 bits per heavy atom. The Balaban J connectivity index is 1.57. The van der Waals surface area contributed by atoms with E-state index in [2.05, 4.69) is 15.5 Å². The van der Waals surface area contributed by atoms with Crippen molar-refractivity contribution in [2.75, 3.05) is 13.7 Å². The molecule has 152 valence electrons. The van der Waals surface area contributed by atoms with Crippen molar-refractivity contribution < 1.29 is 18.4 Å². The molecule has 29 heavy (non-hydrogen) atoms. The summed E-state index contributed by atoms with van der Waals surface area (Å²) < 4.78 is 23.7. The second-order valence-corrected chi connectivity index (χ2v) is 6.57. The van der Waals surface area contributed by atoms with Crippen LogP contribution in [0.2, 0.25) is 0 Å². The molecule has 0 aliphatic rings. The first-order valence-corrected chi connectivity index (χ1v) is 9.29. The second-order valence-electron chi connectivity index (χ2n) is 6.57. The van der Waals surface area contributed by atoms with Gasteiger partial charge in [0, 0.05) is 19.2 Å². The predicted molar refractivity (Wildman–Crippen MR) is 106 cm³/mol. The average Bonchev–Trinajstić information content (AvgIpc) is 3.20. The average molecular weight is 398 g/mol. The highest BCUT2D eigenvalue weighted by Crippen LogP contribution is 2.19. The number of ether oxygens (including phenoxy) is 1. The maximum atomic E-state index is 13.0. The zero-order valence-electron chi connectivity index (χ0n) is 16.6. The molecule has 7 nitrogen and oxygen atoms in total. The maximum Gasteiger partial charge on any atom is 0.318 e. The van der Waals surface area contributed by atoms with E-state index in [0.717, 1.165) is 11.3 Å². The lowest BCUT2D eigenvalue weighted by molar-refractivity contribution is 0.200. The number of urea groups is 1. The van der Waals surface area contributed by atoms with Crippen LogP contribution >= 0.6 is 0 Å². The topological polar surface area (TPSA) is 80.5 Å². The molecule has 1 unspecified atom stereocenters. The van der Waals surface area contributed by atoms with E-state index in [1.807, 2.05) is 31.2 Å². The summed E-state index contributed by atoms with van der Waals surface area (Å²) in [6, 6.07) is 12.6. The van der Waals surface area contributed by atoms with E-state index in [1.165, 1.54) is 12.1 Å². The number of nitrogens with one attached hydrogen (secondary N) is 1. The first-order valence-electron chi connectivity index (χ1n) is 9.29. The van der Waals surface area contributed by atoms with Gasteiger partial charge < -0.3 is 19.5 Å². The molecule has 0 bridgehead atoms. The van der Waals surface area contributed by atoms with E-state index >= 15 is 0 Å². The Hall–Kier alpha value is -3.42. The van der Waals surface area contributed by atoms with E-state index in [1.54, 1.807) is 31.0 Å². The molecule has 0 aliphatic heterocycles. The van der Waals surface area contributed by atoms with Crippen molar-refractivity contribution in [2.45, 2.75) is 26.4 Å². The SMILES string of the molecule is CCOc1ccc(CN(C)C(=O)NC(C)c2nc(-c3ccc(F)cc3)no2)cc1. The smallest absolute Gasteiger partial charge is 0.318 e. The van der Waals surface area contributed by atoms with E-state index in [9.17, 15) is 9.18 Å². The Bertz CT molecular complexity index is 941. The fraction of sp³-hybridized carbons (Fsp3) is 0.286. The second kappa shape index (κ2) is 9.18. The summed E-state index contributed by atoms with van der Waals surface area (Å²) >= 11 is 0. The summed E-state index contributed by atoms with van der Waals surface area (Å²) in [4.78, 5) is 18.3. The van der Waals surface area contributed by atoms with Crippen LogP contribution in [0.3, 0.4) is 0 Å². The number of halogens is 1. The van der Waals surface area contributed by atoms with Gasteiger partial charge in [-0.2, -0.15) is 4.98 Å². The number of aromatic nitrogens is 2. The molecule has 3 aromatic rings. The molecule has 3 rings (SSSR count). The molecular formula is C21H23FN4O3. The third kappa shape index (κ3) is 5.31. The van der Waals surface area contributed by atoms with Crippen molar-refractivity contribution in [1.82, 2.24) is 20.4 Å². The quantitative estimate of drug-likeness (QED) is 0.646. The number of carbonyl (C=O) groups excluding carboxylic acids is 1. The van der Waals surface area contributed by atoms with Crippen LogP contribution in [-0.4, -0.2) is 34.7 Å². The minimum absolute atomic E-state index is 0.270. The monoisotopic (exact) mass is 398 g/mol. The Morgan fingerprint density at radius 3 is 2.55 bits per heavy atom. The molecule has 1 N–H and O–H groups in total.